The Balaban J connectivity index is 2.68. The molecule has 1 aliphatic heterocycles. The number of cyclic esters (lactones) is 2. The molecular weight excluding hydrogens is 210 g/mol. The van der Waals surface area contributed by atoms with Crippen LogP contribution in [0.2, 0.25) is 0 Å². The second-order valence-electron chi connectivity index (χ2n) is 4.94. The second kappa shape index (κ2) is 4.41. The van der Waals surface area contributed by atoms with Gasteiger partial charge in [-0.05, 0) is 12.3 Å². The molecule has 5 heteroatoms. The van der Waals surface area contributed by atoms with Crippen molar-refractivity contribution < 1.29 is 19.1 Å². The Hall–Kier alpha value is -1.10. The molecule has 0 saturated carbocycles. The van der Waals surface area contributed by atoms with E-state index in [4.69, 9.17) is 15.2 Å². The van der Waals surface area contributed by atoms with Gasteiger partial charge < -0.3 is 15.2 Å². The molecule has 5 nitrogen and oxygen atoms in total. The fourth-order valence-electron chi connectivity index (χ4n) is 1.48. The van der Waals surface area contributed by atoms with Gasteiger partial charge in [-0.1, -0.05) is 13.8 Å². The third kappa shape index (κ3) is 2.95. The first-order valence-corrected chi connectivity index (χ1v) is 5.44. The average molecular weight is 229 g/mol. The Morgan fingerprint density at radius 2 is 1.69 bits per heavy atom. The molecule has 1 aliphatic rings. The summed E-state index contributed by atoms with van der Waals surface area (Å²) >= 11 is 0. The molecule has 0 radical (unpaired) electrons. The maximum Gasteiger partial charge on any atom is 0.323 e. The maximum atomic E-state index is 11.6. The van der Waals surface area contributed by atoms with Crippen LogP contribution >= 0.6 is 0 Å². The summed E-state index contributed by atoms with van der Waals surface area (Å²) < 4.78 is 10.00. The van der Waals surface area contributed by atoms with E-state index in [1.807, 2.05) is 13.8 Å². The van der Waals surface area contributed by atoms with E-state index >= 15 is 0 Å². The van der Waals surface area contributed by atoms with Gasteiger partial charge >= 0.3 is 11.9 Å². The molecule has 1 unspecified atom stereocenters. The molecule has 0 aromatic heterocycles. The van der Waals surface area contributed by atoms with Gasteiger partial charge in [0, 0.05) is 19.9 Å². The van der Waals surface area contributed by atoms with Crippen LogP contribution in [0.5, 0.6) is 0 Å². The van der Waals surface area contributed by atoms with E-state index in [0.29, 0.717) is 0 Å². The van der Waals surface area contributed by atoms with Crippen molar-refractivity contribution in [2.24, 2.45) is 17.6 Å². The van der Waals surface area contributed by atoms with E-state index in [9.17, 15) is 9.59 Å². The Morgan fingerprint density at radius 3 is 2.06 bits per heavy atom. The summed E-state index contributed by atoms with van der Waals surface area (Å²) in [5.41, 5.74) is 5.82. The van der Waals surface area contributed by atoms with Crippen LogP contribution in [0.1, 0.15) is 34.1 Å². The fourth-order valence-corrected chi connectivity index (χ4v) is 1.48. The molecule has 1 atom stereocenters. The highest BCUT2D eigenvalue weighted by Gasteiger charge is 2.43. The lowest BCUT2D eigenvalue weighted by atomic mass is 9.92. The number of carbonyl (C=O) groups is 2. The highest BCUT2D eigenvalue weighted by atomic mass is 16.7. The van der Waals surface area contributed by atoms with Crippen molar-refractivity contribution in [3.8, 4) is 0 Å². The lowest BCUT2D eigenvalue weighted by molar-refractivity contribution is -0.240. The molecule has 1 saturated heterocycles. The van der Waals surface area contributed by atoms with Crippen molar-refractivity contribution in [3.05, 3.63) is 0 Å². The minimum atomic E-state index is -1.16. The summed E-state index contributed by atoms with van der Waals surface area (Å²) in [5, 5.41) is 0. The van der Waals surface area contributed by atoms with Gasteiger partial charge in [0.25, 0.3) is 5.79 Å². The highest BCUT2D eigenvalue weighted by molar-refractivity contribution is 5.96. The van der Waals surface area contributed by atoms with Crippen molar-refractivity contribution in [1.82, 2.24) is 0 Å². The SMILES string of the molecule is CC(C)C(N)CC1C(=O)OC(C)(C)OC1=O. The number of hydrogen-bond donors (Lipinski definition) is 1. The molecule has 1 rings (SSSR count). The molecule has 2 N–H and O–H groups in total. The van der Waals surface area contributed by atoms with Crippen LogP contribution in [-0.2, 0) is 19.1 Å². The van der Waals surface area contributed by atoms with E-state index < -0.39 is 23.6 Å². The number of nitrogens with two attached hydrogens (primary N) is 1. The molecule has 0 amide bonds. The number of esters is 2. The van der Waals surface area contributed by atoms with E-state index in [1.54, 1.807) is 0 Å². The third-order valence-electron chi connectivity index (χ3n) is 2.63. The first-order chi connectivity index (χ1) is 7.23. The summed E-state index contributed by atoms with van der Waals surface area (Å²) in [4.78, 5) is 23.2. The van der Waals surface area contributed by atoms with Crippen molar-refractivity contribution in [2.45, 2.75) is 45.9 Å². The Kier molecular flexibility index (Phi) is 3.57. The summed E-state index contributed by atoms with van der Waals surface area (Å²) in [6.07, 6.45) is 0.269. The van der Waals surface area contributed by atoms with E-state index in [1.165, 1.54) is 13.8 Å². The summed E-state index contributed by atoms with van der Waals surface area (Å²) in [5.74, 6) is -2.93. The number of hydrogen-bond acceptors (Lipinski definition) is 5. The summed E-state index contributed by atoms with van der Waals surface area (Å²) in [6.45, 7) is 6.94. The number of rotatable bonds is 3. The van der Waals surface area contributed by atoms with Crippen molar-refractivity contribution in [1.29, 1.82) is 0 Å². The molecule has 16 heavy (non-hydrogen) atoms. The summed E-state index contributed by atoms with van der Waals surface area (Å²) in [7, 11) is 0. The van der Waals surface area contributed by atoms with E-state index in [2.05, 4.69) is 0 Å². The molecule has 0 aromatic rings. The van der Waals surface area contributed by atoms with Crippen LogP contribution in [-0.4, -0.2) is 23.8 Å². The fraction of sp³-hybridized carbons (Fsp3) is 0.818. The first-order valence-electron chi connectivity index (χ1n) is 5.44. The second-order valence-corrected chi connectivity index (χ2v) is 4.94. The molecule has 1 heterocycles. The lowest BCUT2D eigenvalue weighted by Crippen LogP contribution is -2.48. The topological polar surface area (TPSA) is 78.6 Å². The molecule has 0 spiro atoms. The van der Waals surface area contributed by atoms with Crippen LogP contribution in [0.4, 0.5) is 0 Å². The molecule has 0 aliphatic carbocycles. The quantitative estimate of drug-likeness (QED) is 0.572. The standard InChI is InChI=1S/C11H19NO4/c1-6(2)8(12)5-7-9(13)15-11(3,4)16-10(7)14/h6-8H,5,12H2,1-4H3. The van der Waals surface area contributed by atoms with Gasteiger partial charge in [0.05, 0.1) is 0 Å². The lowest BCUT2D eigenvalue weighted by Gasteiger charge is -2.34. The number of carbonyl (C=O) groups excluding carboxylic acids is 2. The predicted molar refractivity (Wildman–Crippen MR) is 57.2 cm³/mol. The third-order valence-corrected chi connectivity index (χ3v) is 2.63. The van der Waals surface area contributed by atoms with Gasteiger partial charge in [-0.3, -0.25) is 9.59 Å². The zero-order valence-electron chi connectivity index (χ0n) is 10.1. The van der Waals surface area contributed by atoms with Crippen LogP contribution < -0.4 is 5.73 Å². The number of ether oxygens (including phenoxy) is 2. The van der Waals surface area contributed by atoms with Gasteiger partial charge in [-0.2, -0.15) is 0 Å². The molecule has 0 bridgehead atoms. The maximum absolute atomic E-state index is 11.6. The summed E-state index contributed by atoms with van der Waals surface area (Å²) in [6, 6.07) is -0.216. The predicted octanol–water partition coefficient (Wildman–Crippen LogP) is 0.812. The minimum absolute atomic E-state index is 0.204. The van der Waals surface area contributed by atoms with E-state index in [-0.39, 0.29) is 18.4 Å². The average Bonchev–Trinajstić information content (AvgIpc) is 2.09. The van der Waals surface area contributed by atoms with Gasteiger partial charge in [-0.25, -0.2) is 0 Å². The first kappa shape index (κ1) is 13.0. The molecule has 1 fully saturated rings. The van der Waals surface area contributed by atoms with E-state index in [0.717, 1.165) is 0 Å². The van der Waals surface area contributed by atoms with Crippen molar-refractivity contribution in [3.63, 3.8) is 0 Å². The zero-order valence-corrected chi connectivity index (χ0v) is 10.1. The monoisotopic (exact) mass is 229 g/mol. The molecular formula is C11H19NO4. The Bertz CT molecular complexity index is 278. The highest BCUT2D eigenvalue weighted by Crippen LogP contribution is 2.26. The van der Waals surface area contributed by atoms with Gasteiger partial charge in [0.1, 0.15) is 0 Å². The molecule has 0 aromatic carbocycles. The van der Waals surface area contributed by atoms with Gasteiger partial charge in [-0.15, -0.1) is 0 Å². The Morgan fingerprint density at radius 1 is 1.25 bits per heavy atom. The van der Waals surface area contributed by atoms with Crippen LogP contribution in [0, 0.1) is 11.8 Å². The zero-order chi connectivity index (χ0) is 12.5. The van der Waals surface area contributed by atoms with Gasteiger partial charge in [0.15, 0.2) is 5.92 Å². The smallest absolute Gasteiger partial charge is 0.323 e. The van der Waals surface area contributed by atoms with Crippen LogP contribution in [0.3, 0.4) is 0 Å². The normalized spacial score (nSPS) is 22.9. The van der Waals surface area contributed by atoms with Crippen LogP contribution in [0.15, 0.2) is 0 Å². The van der Waals surface area contributed by atoms with Crippen molar-refractivity contribution in [2.75, 3.05) is 0 Å². The van der Waals surface area contributed by atoms with Crippen LogP contribution in [0.25, 0.3) is 0 Å². The molecule has 92 valence electrons. The largest absolute Gasteiger partial charge is 0.422 e. The minimum Gasteiger partial charge on any atom is -0.422 e. The Labute approximate surface area is 95.3 Å². The van der Waals surface area contributed by atoms with Crippen molar-refractivity contribution >= 4 is 11.9 Å². The van der Waals surface area contributed by atoms with Gasteiger partial charge in [0.2, 0.25) is 0 Å².